The fraction of sp³-hybridized carbons (Fsp3) is 0.391. The second-order valence-corrected chi connectivity index (χ2v) is 9.01. The van der Waals surface area contributed by atoms with Gasteiger partial charge in [0.15, 0.2) is 5.78 Å². The van der Waals surface area contributed by atoms with Crippen molar-refractivity contribution in [2.45, 2.75) is 46.2 Å². The molecule has 2 heterocycles. The van der Waals surface area contributed by atoms with Gasteiger partial charge in [0.2, 0.25) is 0 Å². The van der Waals surface area contributed by atoms with Crippen LogP contribution in [-0.2, 0) is 18.5 Å². The number of carboxylic acid groups (broad SMARTS) is 1. The standard InChI is InChI=1S/C23H28N4O4/c1-13-6-7-14-11-27(21(24)19(14)25-13)12-18(28)15-8-16(10-26(5)22(30)31)20(29)17(9-15)23(2,3)4/h6-9,24,29H,10-12H2,1-5H3,(H,30,31). The number of aryl methyl sites for hydroxylation is 1. The van der Waals surface area contributed by atoms with Gasteiger partial charge in [-0.25, -0.2) is 9.78 Å². The van der Waals surface area contributed by atoms with Crippen molar-refractivity contribution in [3.8, 4) is 5.75 Å². The van der Waals surface area contributed by atoms with Gasteiger partial charge in [-0.3, -0.25) is 10.2 Å². The van der Waals surface area contributed by atoms with E-state index in [1.165, 1.54) is 7.05 Å². The van der Waals surface area contributed by atoms with Gasteiger partial charge in [-0.1, -0.05) is 26.8 Å². The number of rotatable bonds is 5. The number of carbonyl (C=O) groups is 2. The third-order valence-electron chi connectivity index (χ3n) is 5.41. The van der Waals surface area contributed by atoms with Crippen LogP contribution in [0.2, 0.25) is 0 Å². The third kappa shape index (κ3) is 4.52. The van der Waals surface area contributed by atoms with E-state index >= 15 is 0 Å². The normalized spacial score (nSPS) is 13.3. The number of ketones is 1. The molecule has 0 aliphatic carbocycles. The molecular weight excluding hydrogens is 396 g/mol. The van der Waals surface area contributed by atoms with E-state index in [4.69, 9.17) is 5.41 Å². The van der Waals surface area contributed by atoms with Gasteiger partial charge in [0.25, 0.3) is 0 Å². The second kappa shape index (κ2) is 8.02. The molecular formula is C23H28N4O4. The van der Waals surface area contributed by atoms with Gasteiger partial charge in [0, 0.05) is 41.5 Å². The minimum atomic E-state index is -1.13. The number of aromatic nitrogens is 1. The average Bonchev–Trinajstić information content (AvgIpc) is 2.97. The van der Waals surface area contributed by atoms with Gasteiger partial charge in [0.05, 0.1) is 13.1 Å². The lowest BCUT2D eigenvalue weighted by Crippen LogP contribution is -2.31. The summed E-state index contributed by atoms with van der Waals surface area (Å²) in [4.78, 5) is 31.6. The lowest BCUT2D eigenvalue weighted by molar-refractivity contribution is 0.0962. The molecule has 1 aromatic carbocycles. The molecule has 1 amide bonds. The van der Waals surface area contributed by atoms with Crippen LogP contribution in [0, 0.1) is 12.3 Å². The summed E-state index contributed by atoms with van der Waals surface area (Å²) in [6.45, 7) is 8.01. The number of fused-ring (bicyclic) bond motifs is 1. The highest BCUT2D eigenvalue weighted by Gasteiger charge is 2.29. The average molecular weight is 425 g/mol. The Morgan fingerprint density at radius 1 is 1.26 bits per heavy atom. The molecule has 0 saturated heterocycles. The van der Waals surface area contributed by atoms with Crippen LogP contribution in [0.5, 0.6) is 5.75 Å². The van der Waals surface area contributed by atoms with E-state index in [1.54, 1.807) is 17.0 Å². The van der Waals surface area contributed by atoms with E-state index in [9.17, 15) is 19.8 Å². The molecule has 3 N–H and O–H groups in total. The maximum Gasteiger partial charge on any atom is 0.407 e. The number of nitrogens with zero attached hydrogens (tertiary/aromatic N) is 3. The molecule has 1 aliphatic heterocycles. The predicted molar refractivity (Wildman–Crippen MR) is 117 cm³/mol. The summed E-state index contributed by atoms with van der Waals surface area (Å²) < 4.78 is 0. The van der Waals surface area contributed by atoms with Gasteiger partial charge >= 0.3 is 6.09 Å². The summed E-state index contributed by atoms with van der Waals surface area (Å²) in [6.07, 6.45) is -1.13. The molecule has 2 aromatic rings. The predicted octanol–water partition coefficient (Wildman–Crippen LogP) is 3.53. The molecule has 0 unspecified atom stereocenters. The molecule has 1 aliphatic rings. The van der Waals surface area contributed by atoms with Crippen LogP contribution in [0.25, 0.3) is 0 Å². The molecule has 0 spiro atoms. The van der Waals surface area contributed by atoms with Crippen molar-refractivity contribution in [2.75, 3.05) is 13.6 Å². The van der Waals surface area contributed by atoms with Gasteiger partial charge < -0.3 is 20.0 Å². The lowest BCUT2D eigenvalue weighted by Gasteiger charge is -2.25. The summed E-state index contributed by atoms with van der Waals surface area (Å²) in [5, 5.41) is 28.4. The Morgan fingerprint density at radius 3 is 2.55 bits per heavy atom. The summed E-state index contributed by atoms with van der Waals surface area (Å²) >= 11 is 0. The van der Waals surface area contributed by atoms with Gasteiger partial charge in [-0.05, 0) is 30.5 Å². The van der Waals surface area contributed by atoms with Crippen LogP contribution in [0.1, 0.15) is 59.2 Å². The first kappa shape index (κ1) is 22.3. The van der Waals surface area contributed by atoms with Crippen molar-refractivity contribution >= 4 is 17.7 Å². The smallest absolute Gasteiger partial charge is 0.407 e. The molecule has 3 rings (SSSR count). The number of Topliss-reactive ketones (excluding diaryl/α,β-unsaturated/α-hetero) is 1. The Hall–Kier alpha value is -3.42. The maximum atomic E-state index is 13.2. The van der Waals surface area contributed by atoms with Crippen LogP contribution < -0.4 is 0 Å². The third-order valence-corrected chi connectivity index (χ3v) is 5.41. The number of phenols is 1. The topological polar surface area (TPSA) is 118 Å². The monoisotopic (exact) mass is 424 g/mol. The van der Waals surface area contributed by atoms with Crippen molar-refractivity contribution in [1.29, 1.82) is 5.41 Å². The molecule has 8 nitrogen and oxygen atoms in total. The molecule has 0 fully saturated rings. The lowest BCUT2D eigenvalue weighted by atomic mass is 9.83. The largest absolute Gasteiger partial charge is 0.507 e. The number of nitrogens with one attached hydrogen (secondary N) is 1. The summed E-state index contributed by atoms with van der Waals surface area (Å²) in [6, 6.07) is 7.02. The van der Waals surface area contributed by atoms with Gasteiger partial charge in [0.1, 0.15) is 17.3 Å². The Kier molecular flexibility index (Phi) is 5.76. The zero-order valence-electron chi connectivity index (χ0n) is 18.5. The molecule has 0 saturated carbocycles. The van der Waals surface area contributed by atoms with Crippen LogP contribution in [0.4, 0.5) is 4.79 Å². The zero-order valence-corrected chi connectivity index (χ0v) is 18.5. The van der Waals surface area contributed by atoms with E-state index in [1.807, 2.05) is 39.8 Å². The molecule has 31 heavy (non-hydrogen) atoms. The fourth-order valence-corrected chi connectivity index (χ4v) is 3.62. The van der Waals surface area contributed by atoms with E-state index < -0.39 is 11.5 Å². The maximum absolute atomic E-state index is 13.2. The number of hydrogen-bond acceptors (Lipinski definition) is 5. The van der Waals surface area contributed by atoms with E-state index in [0.717, 1.165) is 16.2 Å². The second-order valence-electron chi connectivity index (χ2n) is 9.01. The first-order valence-corrected chi connectivity index (χ1v) is 10.0. The first-order chi connectivity index (χ1) is 14.4. The number of amides is 1. The van der Waals surface area contributed by atoms with E-state index in [2.05, 4.69) is 4.98 Å². The van der Waals surface area contributed by atoms with Crippen LogP contribution in [0.3, 0.4) is 0 Å². The van der Waals surface area contributed by atoms with Crippen molar-refractivity contribution in [3.05, 3.63) is 57.9 Å². The number of aromatic hydroxyl groups is 1. The molecule has 0 atom stereocenters. The van der Waals surface area contributed by atoms with Crippen molar-refractivity contribution in [1.82, 2.24) is 14.8 Å². The quantitative estimate of drug-likeness (QED) is 0.632. The molecule has 0 bridgehead atoms. The minimum absolute atomic E-state index is 0.00172. The van der Waals surface area contributed by atoms with Gasteiger partial charge in [-0.2, -0.15) is 0 Å². The van der Waals surface area contributed by atoms with Crippen molar-refractivity contribution in [2.24, 2.45) is 0 Å². The summed E-state index contributed by atoms with van der Waals surface area (Å²) in [5.74, 6) is 0.00450. The Morgan fingerprint density at radius 2 is 1.94 bits per heavy atom. The van der Waals surface area contributed by atoms with Gasteiger partial charge in [-0.15, -0.1) is 0 Å². The SMILES string of the molecule is Cc1ccc2c(n1)C(=N)N(CC(=O)c1cc(CN(C)C(=O)O)c(O)c(C(C)(C)C)c1)C2. The Bertz CT molecular complexity index is 1070. The van der Waals surface area contributed by atoms with Crippen LogP contribution >= 0.6 is 0 Å². The van der Waals surface area contributed by atoms with Crippen molar-refractivity contribution in [3.63, 3.8) is 0 Å². The van der Waals surface area contributed by atoms with E-state index in [0.29, 0.717) is 28.9 Å². The number of phenolic OH excluding ortho intramolecular Hbond substituents is 1. The molecule has 164 valence electrons. The number of carbonyl (C=O) groups excluding carboxylic acids is 1. The van der Waals surface area contributed by atoms with Crippen LogP contribution in [0.15, 0.2) is 24.3 Å². The highest BCUT2D eigenvalue weighted by atomic mass is 16.4. The number of hydrogen-bond donors (Lipinski definition) is 3. The highest BCUT2D eigenvalue weighted by molar-refractivity contribution is 6.04. The Balaban J connectivity index is 1.92. The number of amidine groups is 1. The molecule has 8 heteroatoms. The summed E-state index contributed by atoms with van der Waals surface area (Å²) in [5.41, 5.74) is 3.20. The molecule has 0 radical (unpaired) electrons. The fourth-order valence-electron chi connectivity index (χ4n) is 3.62. The summed E-state index contributed by atoms with van der Waals surface area (Å²) in [7, 11) is 1.41. The molecule has 1 aromatic heterocycles. The van der Waals surface area contributed by atoms with Crippen molar-refractivity contribution < 1.29 is 19.8 Å². The van der Waals surface area contributed by atoms with Crippen LogP contribution in [-0.4, -0.2) is 56.3 Å². The first-order valence-electron chi connectivity index (χ1n) is 10.0. The number of benzene rings is 1. The van der Waals surface area contributed by atoms with E-state index in [-0.39, 0.29) is 30.5 Å². The zero-order chi connectivity index (χ0) is 23.1. The number of pyridine rings is 1. The minimum Gasteiger partial charge on any atom is -0.507 e. The highest BCUT2D eigenvalue weighted by Crippen LogP contribution is 2.35. The Labute approximate surface area is 181 Å².